The molecule has 0 fully saturated rings. The zero-order valence-electron chi connectivity index (χ0n) is 11.4. The Morgan fingerprint density at radius 3 is 2.29 bits per heavy atom. The molecule has 0 amide bonds. The number of hydrogen-bond donors (Lipinski definition) is 0. The number of esters is 1. The van der Waals surface area contributed by atoms with Crippen molar-refractivity contribution in [3.05, 3.63) is 11.6 Å². The van der Waals surface area contributed by atoms with Crippen molar-refractivity contribution in [1.29, 1.82) is 0 Å². The van der Waals surface area contributed by atoms with Crippen LogP contribution in [0.1, 0.15) is 53.4 Å². The Morgan fingerprint density at radius 2 is 1.88 bits per heavy atom. The number of carbonyl (C=O) groups is 2. The van der Waals surface area contributed by atoms with Gasteiger partial charge in [-0.15, -0.1) is 0 Å². The number of rotatable bonds is 8. The third kappa shape index (κ3) is 6.25. The van der Waals surface area contributed by atoms with Gasteiger partial charge in [-0.25, -0.2) is 4.79 Å². The molecule has 0 radical (unpaired) electrons. The maximum Gasteiger partial charge on any atom is 0.341 e. The normalized spacial score (nSPS) is 13.3. The van der Waals surface area contributed by atoms with Crippen molar-refractivity contribution in [2.75, 3.05) is 6.61 Å². The zero-order valence-corrected chi connectivity index (χ0v) is 11.4. The maximum absolute atomic E-state index is 11.6. The summed E-state index contributed by atoms with van der Waals surface area (Å²) in [6, 6.07) is 0. The van der Waals surface area contributed by atoms with Gasteiger partial charge in [0.05, 0.1) is 12.2 Å². The highest BCUT2D eigenvalue weighted by molar-refractivity contribution is 6.16. The Hall–Kier alpha value is -1.12. The lowest BCUT2D eigenvalue weighted by Crippen LogP contribution is -2.15. The van der Waals surface area contributed by atoms with Gasteiger partial charge in [-0.3, -0.25) is 4.79 Å². The van der Waals surface area contributed by atoms with Gasteiger partial charge in [0, 0.05) is 0 Å². The molecule has 0 aromatic rings. The van der Waals surface area contributed by atoms with Crippen LogP contribution in [-0.4, -0.2) is 18.4 Å². The number of hydrogen-bond acceptors (Lipinski definition) is 3. The van der Waals surface area contributed by atoms with Crippen LogP contribution in [0.25, 0.3) is 0 Å². The molecule has 0 aromatic carbocycles. The Labute approximate surface area is 104 Å². The van der Waals surface area contributed by atoms with Gasteiger partial charge < -0.3 is 4.74 Å². The van der Waals surface area contributed by atoms with Gasteiger partial charge >= 0.3 is 5.97 Å². The van der Waals surface area contributed by atoms with Gasteiger partial charge in [-0.1, -0.05) is 32.8 Å². The lowest BCUT2D eigenvalue weighted by atomic mass is 9.95. The first-order valence-electron chi connectivity index (χ1n) is 6.46. The molecular weight excluding hydrogens is 216 g/mol. The van der Waals surface area contributed by atoms with Gasteiger partial charge in [0.1, 0.15) is 0 Å². The highest BCUT2D eigenvalue weighted by Gasteiger charge is 2.17. The third-order valence-electron chi connectivity index (χ3n) is 2.73. The zero-order chi connectivity index (χ0) is 13.3. The molecule has 0 spiro atoms. The van der Waals surface area contributed by atoms with Crippen molar-refractivity contribution >= 4 is 11.8 Å². The summed E-state index contributed by atoms with van der Waals surface area (Å²) in [4.78, 5) is 23.0. The van der Waals surface area contributed by atoms with Crippen LogP contribution in [0, 0.1) is 5.92 Å². The molecule has 17 heavy (non-hydrogen) atoms. The molecule has 0 aromatic heterocycles. The van der Waals surface area contributed by atoms with Gasteiger partial charge in [0.2, 0.25) is 0 Å². The summed E-state index contributed by atoms with van der Waals surface area (Å²) in [6.07, 6.45) is 5.98. The molecule has 3 heteroatoms. The predicted molar refractivity (Wildman–Crippen MR) is 68.7 cm³/mol. The summed E-state index contributed by atoms with van der Waals surface area (Å²) in [5.74, 6) is -0.411. The van der Waals surface area contributed by atoms with E-state index in [1.807, 2.05) is 0 Å². The van der Waals surface area contributed by atoms with E-state index in [0.717, 1.165) is 25.7 Å². The van der Waals surface area contributed by atoms with Gasteiger partial charge in [0.15, 0.2) is 5.78 Å². The number of carbonyl (C=O) groups excluding carboxylic acids is 2. The van der Waals surface area contributed by atoms with Gasteiger partial charge in [-0.05, 0) is 32.6 Å². The number of allylic oxidation sites excluding steroid dienone is 1. The second-order valence-corrected chi connectivity index (χ2v) is 4.17. The molecule has 0 heterocycles. The summed E-state index contributed by atoms with van der Waals surface area (Å²) >= 11 is 0. The number of ketones is 1. The molecule has 0 aliphatic heterocycles. The van der Waals surface area contributed by atoms with E-state index >= 15 is 0 Å². The van der Waals surface area contributed by atoms with E-state index in [1.54, 1.807) is 13.0 Å². The fourth-order valence-corrected chi connectivity index (χ4v) is 1.65. The molecule has 1 atom stereocenters. The Kier molecular flexibility index (Phi) is 8.38. The lowest BCUT2D eigenvalue weighted by Gasteiger charge is -2.11. The molecule has 3 nitrogen and oxygen atoms in total. The van der Waals surface area contributed by atoms with E-state index in [9.17, 15) is 9.59 Å². The van der Waals surface area contributed by atoms with Crippen LogP contribution in [-0.2, 0) is 14.3 Å². The fourth-order valence-electron chi connectivity index (χ4n) is 1.65. The van der Waals surface area contributed by atoms with Gasteiger partial charge in [0.25, 0.3) is 0 Å². The molecule has 0 rings (SSSR count). The van der Waals surface area contributed by atoms with E-state index in [4.69, 9.17) is 4.74 Å². The van der Waals surface area contributed by atoms with E-state index in [2.05, 4.69) is 13.8 Å². The minimum absolute atomic E-state index is 0.204. The predicted octanol–water partition coefficient (Wildman–Crippen LogP) is 3.28. The topological polar surface area (TPSA) is 43.4 Å². The quantitative estimate of drug-likeness (QED) is 0.283. The first-order chi connectivity index (χ1) is 8.06. The van der Waals surface area contributed by atoms with Crippen molar-refractivity contribution in [2.24, 2.45) is 5.92 Å². The fraction of sp³-hybridized carbons (Fsp3) is 0.714. The summed E-state index contributed by atoms with van der Waals surface area (Å²) in [5.41, 5.74) is 0.204. The molecule has 0 aliphatic rings. The lowest BCUT2D eigenvalue weighted by molar-refractivity contribution is -0.139. The molecule has 98 valence electrons. The van der Waals surface area contributed by atoms with Crippen LogP contribution in [0.5, 0.6) is 0 Å². The molecule has 1 unspecified atom stereocenters. The summed E-state index contributed by atoms with van der Waals surface area (Å²) in [7, 11) is 0. The highest BCUT2D eigenvalue weighted by Crippen LogP contribution is 2.17. The largest absolute Gasteiger partial charge is 0.462 e. The van der Waals surface area contributed by atoms with Crippen LogP contribution in [0.3, 0.4) is 0 Å². The Balaban J connectivity index is 4.75. The van der Waals surface area contributed by atoms with Crippen LogP contribution >= 0.6 is 0 Å². The van der Waals surface area contributed by atoms with Crippen LogP contribution in [0.2, 0.25) is 0 Å². The standard InChI is InChI=1S/C14H24O3/c1-5-8-9-12(6-2)10-13(11(4)15)14(16)17-7-3/h10,12H,5-9H2,1-4H3/b13-10+. The molecule has 0 saturated carbocycles. The molecule has 0 saturated heterocycles. The molecule has 0 aliphatic carbocycles. The second kappa shape index (κ2) is 8.97. The number of Topliss-reactive ketones (excluding diaryl/α,β-unsaturated/α-hetero) is 1. The summed E-state index contributed by atoms with van der Waals surface area (Å²) < 4.78 is 4.89. The Morgan fingerprint density at radius 1 is 1.24 bits per heavy atom. The van der Waals surface area contributed by atoms with E-state index in [-0.39, 0.29) is 11.4 Å². The van der Waals surface area contributed by atoms with Crippen molar-refractivity contribution in [3.8, 4) is 0 Å². The van der Waals surface area contributed by atoms with Crippen LogP contribution < -0.4 is 0 Å². The van der Waals surface area contributed by atoms with Gasteiger partial charge in [-0.2, -0.15) is 0 Å². The Bertz CT molecular complexity index is 279. The smallest absolute Gasteiger partial charge is 0.341 e. The van der Waals surface area contributed by atoms with E-state index in [0.29, 0.717) is 12.5 Å². The van der Waals surface area contributed by atoms with E-state index < -0.39 is 5.97 Å². The van der Waals surface area contributed by atoms with Crippen molar-refractivity contribution in [1.82, 2.24) is 0 Å². The van der Waals surface area contributed by atoms with Crippen LogP contribution in [0.15, 0.2) is 11.6 Å². The average Bonchev–Trinajstić information content (AvgIpc) is 2.29. The number of ether oxygens (including phenoxy) is 1. The molecule has 0 bridgehead atoms. The van der Waals surface area contributed by atoms with Crippen molar-refractivity contribution in [2.45, 2.75) is 53.4 Å². The second-order valence-electron chi connectivity index (χ2n) is 4.17. The maximum atomic E-state index is 11.6. The summed E-state index contributed by atoms with van der Waals surface area (Å²) in [5, 5.41) is 0. The summed E-state index contributed by atoms with van der Waals surface area (Å²) in [6.45, 7) is 7.65. The van der Waals surface area contributed by atoms with E-state index in [1.165, 1.54) is 6.92 Å². The van der Waals surface area contributed by atoms with Crippen molar-refractivity contribution < 1.29 is 14.3 Å². The average molecular weight is 240 g/mol. The minimum Gasteiger partial charge on any atom is -0.462 e. The molecule has 0 N–H and O–H groups in total. The highest BCUT2D eigenvalue weighted by atomic mass is 16.5. The van der Waals surface area contributed by atoms with Crippen LogP contribution in [0.4, 0.5) is 0 Å². The minimum atomic E-state index is -0.491. The number of unbranched alkanes of at least 4 members (excludes halogenated alkanes) is 1. The van der Waals surface area contributed by atoms with Crippen molar-refractivity contribution in [3.63, 3.8) is 0 Å². The SMILES string of the molecule is CCCCC(/C=C(\C(C)=O)C(=O)OCC)CC. The first-order valence-corrected chi connectivity index (χ1v) is 6.46. The molecular formula is C14H24O3. The first kappa shape index (κ1) is 15.9. The monoisotopic (exact) mass is 240 g/mol. The third-order valence-corrected chi connectivity index (χ3v) is 2.73.